The highest BCUT2D eigenvalue weighted by Gasteiger charge is 2.19. The lowest BCUT2D eigenvalue weighted by molar-refractivity contribution is 0.185. The van der Waals surface area contributed by atoms with Crippen molar-refractivity contribution >= 4 is 27.8 Å². The van der Waals surface area contributed by atoms with E-state index in [9.17, 15) is 4.79 Å². The molecule has 0 aliphatic carbocycles. The maximum absolute atomic E-state index is 13.3. The van der Waals surface area contributed by atoms with Gasteiger partial charge in [0.05, 0.1) is 40.7 Å². The number of rotatable bonds is 5. The van der Waals surface area contributed by atoms with Crippen LogP contribution >= 0.6 is 0 Å². The molecule has 1 N–H and O–H groups in total. The molecule has 0 spiro atoms. The first-order valence-electron chi connectivity index (χ1n) is 10.6. The van der Waals surface area contributed by atoms with E-state index in [1.165, 1.54) is 0 Å². The van der Waals surface area contributed by atoms with Crippen LogP contribution < -0.4 is 11.0 Å². The zero-order valence-corrected chi connectivity index (χ0v) is 19.2. The van der Waals surface area contributed by atoms with Crippen LogP contribution in [0.4, 0.5) is 5.82 Å². The molecule has 168 valence electrons. The summed E-state index contributed by atoms with van der Waals surface area (Å²) in [4.78, 5) is 22.4. The maximum atomic E-state index is 13.3. The third-order valence-corrected chi connectivity index (χ3v) is 5.95. The first-order valence-corrected chi connectivity index (χ1v) is 10.6. The van der Waals surface area contributed by atoms with Gasteiger partial charge in [-0.25, -0.2) is 9.78 Å². The summed E-state index contributed by atoms with van der Waals surface area (Å²) in [6.45, 7) is 2.36. The number of pyridine rings is 2. The summed E-state index contributed by atoms with van der Waals surface area (Å²) < 4.78 is 10.4. The Hall–Kier alpha value is -3.98. The Morgan fingerprint density at radius 2 is 1.91 bits per heavy atom. The Morgan fingerprint density at radius 3 is 2.61 bits per heavy atom. The monoisotopic (exact) mass is 443 g/mol. The second kappa shape index (κ2) is 7.86. The molecule has 0 fully saturated rings. The van der Waals surface area contributed by atoms with E-state index in [2.05, 4.69) is 32.5 Å². The van der Waals surface area contributed by atoms with Crippen LogP contribution in [0.15, 0.2) is 47.7 Å². The predicted octanol–water partition coefficient (Wildman–Crippen LogP) is 3.17. The van der Waals surface area contributed by atoms with Gasteiger partial charge in [0.2, 0.25) is 0 Å². The van der Waals surface area contributed by atoms with Crippen molar-refractivity contribution in [3.8, 4) is 16.8 Å². The Morgan fingerprint density at radius 1 is 1.09 bits per heavy atom. The van der Waals surface area contributed by atoms with E-state index in [0.717, 1.165) is 55.8 Å². The smallest absolute Gasteiger partial charge is 0.333 e. The quantitative estimate of drug-likeness (QED) is 0.449. The van der Waals surface area contributed by atoms with Crippen LogP contribution in [0.1, 0.15) is 11.3 Å². The van der Waals surface area contributed by atoms with Gasteiger partial charge in [-0.1, -0.05) is 6.07 Å². The highest BCUT2D eigenvalue weighted by molar-refractivity contribution is 6.04. The van der Waals surface area contributed by atoms with E-state index in [4.69, 9.17) is 4.74 Å². The molecule has 9 heteroatoms. The lowest BCUT2D eigenvalue weighted by Crippen LogP contribution is -2.21. The fourth-order valence-electron chi connectivity index (χ4n) is 4.37. The number of nitrogens with zero attached hydrogens (tertiary/aromatic N) is 6. The number of hydrogen-bond acceptors (Lipinski definition) is 6. The van der Waals surface area contributed by atoms with Crippen LogP contribution in [0.3, 0.4) is 0 Å². The van der Waals surface area contributed by atoms with E-state index < -0.39 is 0 Å². The average molecular weight is 444 g/mol. The van der Waals surface area contributed by atoms with E-state index in [1.807, 2.05) is 45.5 Å². The van der Waals surface area contributed by atoms with Gasteiger partial charge in [-0.05, 0) is 30.7 Å². The number of nitrogens with one attached hydrogen (secondary N) is 1. The molecule has 0 aliphatic heterocycles. The Bertz CT molecular complexity index is 1580. The normalized spacial score (nSPS) is 11.5. The van der Waals surface area contributed by atoms with Gasteiger partial charge in [0.25, 0.3) is 0 Å². The number of methoxy groups -OCH3 is 1. The minimum atomic E-state index is -0.136. The summed E-state index contributed by atoms with van der Waals surface area (Å²) in [5, 5.41) is 8.43. The zero-order valence-electron chi connectivity index (χ0n) is 19.2. The molecular weight excluding hydrogens is 418 g/mol. The highest BCUT2D eigenvalue weighted by atomic mass is 16.5. The molecule has 0 amide bonds. The summed E-state index contributed by atoms with van der Waals surface area (Å²) in [6.07, 6.45) is 5.45. The van der Waals surface area contributed by atoms with Crippen molar-refractivity contribution in [1.82, 2.24) is 28.9 Å². The van der Waals surface area contributed by atoms with Crippen LogP contribution in [0.5, 0.6) is 0 Å². The molecule has 0 unspecified atom stereocenters. The first kappa shape index (κ1) is 20.9. The number of fused-ring (bicyclic) bond motifs is 3. The molecule has 4 aromatic heterocycles. The van der Waals surface area contributed by atoms with Gasteiger partial charge in [0.15, 0.2) is 0 Å². The molecule has 0 atom stereocenters. The molecule has 9 nitrogen and oxygen atoms in total. The highest BCUT2D eigenvalue weighted by Crippen LogP contribution is 2.31. The number of benzene rings is 1. The van der Waals surface area contributed by atoms with Gasteiger partial charge in [0.1, 0.15) is 5.82 Å². The van der Waals surface area contributed by atoms with Crippen molar-refractivity contribution in [1.29, 1.82) is 0 Å². The molecule has 33 heavy (non-hydrogen) atoms. The van der Waals surface area contributed by atoms with Crippen molar-refractivity contribution in [2.75, 3.05) is 19.5 Å². The number of aryl methyl sites for hydroxylation is 3. The minimum absolute atomic E-state index is 0.136. The second-order valence-electron chi connectivity index (χ2n) is 8.09. The molecule has 0 radical (unpaired) electrons. The van der Waals surface area contributed by atoms with E-state index in [0.29, 0.717) is 6.61 Å². The Kier molecular flexibility index (Phi) is 4.98. The van der Waals surface area contributed by atoms with Crippen molar-refractivity contribution in [3.63, 3.8) is 0 Å². The lowest BCUT2D eigenvalue weighted by atomic mass is 10.0. The van der Waals surface area contributed by atoms with E-state index in [1.54, 1.807) is 34.2 Å². The van der Waals surface area contributed by atoms with Gasteiger partial charge < -0.3 is 10.1 Å². The van der Waals surface area contributed by atoms with Crippen molar-refractivity contribution in [2.24, 2.45) is 14.1 Å². The maximum Gasteiger partial charge on any atom is 0.333 e. The predicted molar refractivity (Wildman–Crippen MR) is 129 cm³/mol. The molecule has 0 saturated carbocycles. The summed E-state index contributed by atoms with van der Waals surface area (Å²) in [5.74, 6) is 0.786. The van der Waals surface area contributed by atoms with Gasteiger partial charge >= 0.3 is 5.69 Å². The standard InChI is InChI=1S/C24H25N7O2/c1-14-21(12-29(3)28-14)31-22-18-9-15(16-8-17(13-33-5)23(25-2)27-10-16)6-7-19(18)26-11-20(22)30(4)24(31)32/h6-12H,13H2,1-5H3,(H,25,27). The third-order valence-electron chi connectivity index (χ3n) is 5.95. The summed E-state index contributed by atoms with van der Waals surface area (Å²) in [7, 11) is 7.12. The number of anilines is 1. The number of imidazole rings is 1. The third kappa shape index (κ3) is 3.28. The lowest BCUT2D eigenvalue weighted by Gasteiger charge is -2.11. The molecule has 1 aromatic carbocycles. The fourth-order valence-corrected chi connectivity index (χ4v) is 4.37. The minimum Gasteiger partial charge on any atom is -0.380 e. The summed E-state index contributed by atoms with van der Waals surface area (Å²) in [6, 6.07) is 8.14. The molecule has 4 heterocycles. The van der Waals surface area contributed by atoms with Crippen LogP contribution in [0, 0.1) is 6.92 Å². The van der Waals surface area contributed by atoms with Gasteiger partial charge in [-0.15, -0.1) is 0 Å². The van der Waals surface area contributed by atoms with Crippen molar-refractivity contribution < 1.29 is 4.74 Å². The van der Waals surface area contributed by atoms with Crippen LogP contribution in [0.2, 0.25) is 0 Å². The molecular formula is C24H25N7O2. The van der Waals surface area contributed by atoms with Crippen molar-refractivity contribution in [3.05, 3.63) is 64.6 Å². The topological polar surface area (TPSA) is 91.8 Å². The van der Waals surface area contributed by atoms with Crippen molar-refractivity contribution in [2.45, 2.75) is 13.5 Å². The molecule has 5 aromatic rings. The summed E-state index contributed by atoms with van der Waals surface area (Å²) >= 11 is 0. The number of aromatic nitrogens is 6. The van der Waals surface area contributed by atoms with Crippen LogP contribution in [-0.4, -0.2) is 43.0 Å². The van der Waals surface area contributed by atoms with Crippen LogP contribution in [-0.2, 0) is 25.4 Å². The largest absolute Gasteiger partial charge is 0.380 e. The average Bonchev–Trinajstić information content (AvgIpc) is 3.28. The van der Waals surface area contributed by atoms with Gasteiger partial charge in [-0.2, -0.15) is 5.10 Å². The molecule has 0 aliphatic rings. The van der Waals surface area contributed by atoms with E-state index >= 15 is 0 Å². The Labute approximate surface area is 190 Å². The van der Waals surface area contributed by atoms with E-state index in [-0.39, 0.29) is 5.69 Å². The number of hydrogen-bond donors (Lipinski definition) is 1. The number of ether oxygens (including phenoxy) is 1. The van der Waals surface area contributed by atoms with Gasteiger partial charge in [0, 0.05) is 57.2 Å². The second-order valence-corrected chi connectivity index (χ2v) is 8.09. The molecule has 0 bridgehead atoms. The fraction of sp³-hybridized carbons (Fsp3) is 0.250. The molecule has 5 rings (SSSR count). The first-order chi connectivity index (χ1) is 15.9. The summed E-state index contributed by atoms with van der Waals surface area (Å²) in [5.41, 5.74) is 6.69. The SMILES string of the molecule is CNc1ncc(-c2ccc3ncc4c(c3c2)n(-c2cn(C)nc2C)c(=O)n4C)cc1COC. The Balaban J connectivity index is 1.80. The van der Waals surface area contributed by atoms with Gasteiger partial charge in [-0.3, -0.25) is 18.8 Å². The van der Waals surface area contributed by atoms with Crippen LogP contribution in [0.25, 0.3) is 38.8 Å². The molecule has 0 saturated heterocycles. The zero-order chi connectivity index (χ0) is 23.3.